The SMILES string of the molecule is [B]c1c([B])c(N(c2c([B])c([B])c(-c3cccc4ccccc34)c([B])c2[B])c2c([B])c([B])c(-c3cccc4ccccc34)c([B])c2[B])c([B])c([B])c1-c1cccc2c1-c1ccccc1C2(C)C. The first-order valence-corrected chi connectivity index (χ1v) is 21.3. The number of fused-ring (bicyclic) bond motifs is 5. The van der Waals surface area contributed by atoms with Crippen molar-refractivity contribution in [3.8, 4) is 44.5 Å². The molecule has 9 aromatic rings. The Morgan fingerprint density at radius 2 is 0.591 bits per heavy atom. The molecule has 1 nitrogen and oxygen atoms in total. The maximum absolute atomic E-state index is 7.29. The van der Waals surface area contributed by atoms with Gasteiger partial charge in [0, 0.05) is 22.5 Å². The Bertz CT molecular complexity index is 3320. The summed E-state index contributed by atoms with van der Waals surface area (Å²) in [5.41, 5.74) is 8.23. The fraction of sp³-hybridized carbons (Fsp3) is 0.0566. The van der Waals surface area contributed by atoms with Gasteiger partial charge in [0.15, 0.2) is 0 Å². The highest BCUT2D eigenvalue weighted by molar-refractivity contribution is 6.68. The van der Waals surface area contributed by atoms with E-state index in [1.165, 1.54) is 4.90 Å². The molecular weight excluding hydrogens is 780 g/mol. The summed E-state index contributed by atoms with van der Waals surface area (Å²) in [6.07, 6.45) is 0. The van der Waals surface area contributed by atoms with Gasteiger partial charge in [0.2, 0.25) is 0 Å². The van der Waals surface area contributed by atoms with Crippen LogP contribution in [0.4, 0.5) is 17.1 Å². The summed E-state index contributed by atoms with van der Waals surface area (Å²) in [5, 5.41) is 3.67. The van der Waals surface area contributed by atoms with E-state index < -0.39 is 0 Å². The van der Waals surface area contributed by atoms with Crippen LogP contribution in [0.5, 0.6) is 0 Å². The maximum atomic E-state index is 7.29. The first-order chi connectivity index (χ1) is 31.6. The van der Waals surface area contributed by atoms with E-state index in [1.54, 1.807) is 0 Å². The molecule has 1 aliphatic rings. The Morgan fingerprint density at radius 3 is 1.03 bits per heavy atom. The lowest BCUT2D eigenvalue weighted by Crippen LogP contribution is -2.54. The number of hydrogen-bond donors (Lipinski definition) is 0. The van der Waals surface area contributed by atoms with Crippen LogP contribution in [-0.4, -0.2) is 94.2 Å². The molecule has 24 radical (unpaired) electrons. The van der Waals surface area contributed by atoms with Crippen LogP contribution >= 0.6 is 0 Å². The zero-order valence-electron chi connectivity index (χ0n) is 36.5. The van der Waals surface area contributed by atoms with Crippen LogP contribution in [0.3, 0.4) is 0 Å². The Labute approximate surface area is 403 Å². The van der Waals surface area contributed by atoms with Crippen molar-refractivity contribution in [1.82, 2.24) is 0 Å². The quantitative estimate of drug-likeness (QED) is 0.219. The van der Waals surface area contributed by atoms with Gasteiger partial charge in [-0.3, -0.25) is 0 Å². The van der Waals surface area contributed by atoms with Gasteiger partial charge in [-0.15, -0.1) is 0 Å². The van der Waals surface area contributed by atoms with Crippen molar-refractivity contribution in [2.45, 2.75) is 19.3 Å². The second-order valence-corrected chi connectivity index (χ2v) is 17.4. The van der Waals surface area contributed by atoms with Crippen LogP contribution in [0.25, 0.3) is 66.1 Å². The molecule has 0 aromatic heterocycles. The number of nitrogens with zero attached hydrogens (tertiary/aromatic N) is 1. The van der Waals surface area contributed by atoms with E-state index in [1.807, 2.05) is 109 Å². The van der Waals surface area contributed by atoms with Crippen molar-refractivity contribution in [1.29, 1.82) is 0 Å². The number of hydrogen-bond acceptors (Lipinski definition) is 1. The molecule has 0 saturated heterocycles. The molecule has 0 heterocycles. The van der Waals surface area contributed by atoms with Crippen molar-refractivity contribution >= 4 is 198 Å². The lowest BCUT2D eigenvalue weighted by atomic mass is 9.61. The molecular formula is C53H27B12N. The average Bonchev–Trinajstić information content (AvgIpc) is 3.56. The van der Waals surface area contributed by atoms with E-state index >= 15 is 0 Å². The minimum absolute atomic E-state index is 0.00144. The van der Waals surface area contributed by atoms with Crippen molar-refractivity contribution in [3.63, 3.8) is 0 Å². The van der Waals surface area contributed by atoms with Gasteiger partial charge in [-0.2, -0.15) is 0 Å². The second-order valence-electron chi connectivity index (χ2n) is 17.4. The minimum atomic E-state index is -0.320. The molecule has 0 fully saturated rings. The molecule has 0 atom stereocenters. The minimum Gasteiger partial charge on any atom is -0.314 e. The largest absolute Gasteiger partial charge is 0.314 e. The van der Waals surface area contributed by atoms with Gasteiger partial charge in [0.1, 0.15) is 94.2 Å². The normalized spacial score (nSPS) is 12.6. The van der Waals surface area contributed by atoms with Gasteiger partial charge in [-0.1, -0.05) is 207 Å². The summed E-state index contributed by atoms with van der Waals surface area (Å²) >= 11 is 0. The molecule has 0 aliphatic heterocycles. The van der Waals surface area contributed by atoms with E-state index in [0.717, 1.165) is 49.4 Å². The Kier molecular flexibility index (Phi) is 10.8. The van der Waals surface area contributed by atoms with E-state index in [0.29, 0.717) is 27.8 Å². The second kappa shape index (κ2) is 16.2. The van der Waals surface area contributed by atoms with Gasteiger partial charge in [0.25, 0.3) is 0 Å². The van der Waals surface area contributed by atoms with Gasteiger partial charge in [-0.25, -0.2) is 0 Å². The number of benzene rings is 9. The third-order valence-corrected chi connectivity index (χ3v) is 13.6. The molecule has 9 aromatic carbocycles. The van der Waals surface area contributed by atoms with Crippen LogP contribution in [0.2, 0.25) is 0 Å². The standard InChI is InChI=1S/C53H27B12N/c1-53(2)32-22-8-7-18-30(32)34-31(21-11-23-33(34)53)37-42(58)48(64)52(49(65)43(37)59)66(50-44(60)38(54)35(39(55)45(50)61)28-19-9-14-24-12-3-5-16-26(24)28)51-46(62)40(56)36(41(57)47(51)63)29-20-10-15-25-13-4-6-17-27(25)29/h3-23H,1-2H3. The van der Waals surface area contributed by atoms with Gasteiger partial charge in [0.05, 0.1) is 0 Å². The highest BCUT2D eigenvalue weighted by Crippen LogP contribution is 2.51. The molecule has 280 valence electrons. The van der Waals surface area contributed by atoms with Crippen molar-refractivity contribution in [2.75, 3.05) is 4.90 Å². The lowest BCUT2D eigenvalue weighted by Gasteiger charge is -2.40. The molecule has 0 unspecified atom stereocenters. The van der Waals surface area contributed by atoms with Crippen LogP contribution in [0, 0.1) is 0 Å². The fourth-order valence-electron chi connectivity index (χ4n) is 10.2. The zero-order chi connectivity index (χ0) is 46.7. The number of anilines is 3. The molecule has 0 amide bonds. The van der Waals surface area contributed by atoms with Gasteiger partial charge in [-0.05, 0) is 77.2 Å². The van der Waals surface area contributed by atoms with Crippen molar-refractivity contribution in [3.05, 3.63) is 139 Å². The molecule has 0 spiro atoms. The zero-order valence-corrected chi connectivity index (χ0v) is 36.5. The molecule has 13 heteroatoms. The Hall–Kier alpha value is -5.92. The summed E-state index contributed by atoms with van der Waals surface area (Å²) in [6.45, 7) is 4.38. The predicted molar refractivity (Wildman–Crippen MR) is 295 cm³/mol. The third-order valence-electron chi connectivity index (χ3n) is 13.6. The smallest absolute Gasteiger partial charge is 0.115 e. The van der Waals surface area contributed by atoms with E-state index in [4.69, 9.17) is 94.2 Å². The summed E-state index contributed by atoms with van der Waals surface area (Å²) in [7, 11) is 86.3. The van der Waals surface area contributed by atoms with Crippen molar-refractivity contribution < 1.29 is 0 Å². The van der Waals surface area contributed by atoms with E-state index in [2.05, 4.69) is 32.0 Å². The third kappa shape index (κ3) is 6.32. The molecule has 0 N–H and O–H groups in total. The monoisotopic (exact) mass is 809 g/mol. The Balaban J connectivity index is 1.29. The first-order valence-electron chi connectivity index (χ1n) is 21.3. The maximum Gasteiger partial charge on any atom is 0.115 e. The molecule has 0 saturated carbocycles. The highest BCUT2D eigenvalue weighted by atomic mass is 15.2. The number of rotatable bonds is 6. The average molecular weight is 808 g/mol. The fourth-order valence-corrected chi connectivity index (χ4v) is 10.2. The van der Waals surface area contributed by atoms with E-state index in [-0.39, 0.29) is 88.0 Å². The lowest BCUT2D eigenvalue weighted by molar-refractivity contribution is 0.660. The summed E-state index contributed by atoms with van der Waals surface area (Å²) in [4.78, 5) is 1.49. The summed E-state index contributed by atoms with van der Waals surface area (Å²) in [6, 6.07) is 41.6. The van der Waals surface area contributed by atoms with Crippen LogP contribution in [-0.2, 0) is 5.41 Å². The topological polar surface area (TPSA) is 3.24 Å². The van der Waals surface area contributed by atoms with Crippen molar-refractivity contribution in [2.24, 2.45) is 0 Å². The molecule has 1 aliphatic carbocycles. The van der Waals surface area contributed by atoms with E-state index in [9.17, 15) is 0 Å². The van der Waals surface area contributed by atoms with Crippen LogP contribution in [0.1, 0.15) is 25.0 Å². The van der Waals surface area contributed by atoms with Gasteiger partial charge < -0.3 is 4.90 Å². The molecule has 0 bridgehead atoms. The predicted octanol–water partition coefficient (Wildman–Crippen LogP) is 0.296. The summed E-state index contributed by atoms with van der Waals surface area (Å²) < 4.78 is 0. The Morgan fingerprint density at radius 1 is 0.288 bits per heavy atom. The van der Waals surface area contributed by atoms with Gasteiger partial charge >= 0.3 is 0 Å². The first kappa shape index (κ1) is 43.9. The summed E-state index contributed by atoms with van der Waals surface area (Å²) in [5.74, 6) is 0. The molecule has 66 heavy (non-hydrogen) atoms. The van der Waals surface area contributed by atoms with Crippen LogP contribution in [0.15, 0.2) is 127 Å². The molecule has 10 rings (SSSR count). The highest BCUT2D eigenvalue weighted by Gasteiger charge is 2.37. The van der Waals surface area contributed by atoms with Crippen LogP contribution < -0.4 is 70.5 Å².